The first-order chi connectivity index (χ1) is 7.93. The van der Waals surface area contributed by atoms with Crippen LogP contribution >= 0.6 is 0 Å². The van der Waals surface area contributed by atoms with Gasteiger partial charge in [-0.25, -0.2) is 0 Å². The number of nitro benzene ring substituents is 1. The maximum Gasteiger partial charge on any atom is 0.285 e. The quantitative estimate of drug-likeness (QED) is 0.644. The number of nitrogens with one attached hydrogen (secondary N) is 1. The molecule has 0 aromatic heterocycles. The van der Waals surface area contributed by atoms with Crippen molar-refractivity contribution in [2.75, 3.05) is 6.54 Å². The molecule has 1 rings (SSSR count). The van der Waals surface area contributed by atoms with Crippen molar-refractivity contribution in [3.05, 3.63) is 39.4 Å². The third-order valence-corrected chi connectivity index (χ3v) is 2.34. The normalized spacial score (nSPS) is 10.4. The van der Waals surface area contributed by atoms with Gasteiger partial charge in [-0.15, -0.1) is 0 Å². The van der Waals surface area contributed by atoms with Crippen molar-refractivity contribution in [2.24, 2.45) is 5.92 Å². The molecule has 1 amide bonds. The van der Waals surface area contributed by atoms with Crippen LogP contribution in [0.4, 0.5) is 5.69 Å². The van der Waals surface area contributed by atoms with Gasteiger partial charge < -0.3 is 5.32 Å². The zero-order chi connectivity index (χ0) is 13.0. The van der Waals surface area contributed by atoms with Gasteiger partial charge in [0.05, 0.1) is 4.92 Å². The number of amides is 1. The lowest BCUT2D eigenvalue weighted by Gasteiger charge is -2.08. The van der Waals surface area contributed by atoms with E-state index in [2.05, 4.69) is 5.32 Å². The van der Waals surface area contributed by atoms with E-state index in [4.69, 9.17) is 0 Å². The molecule has 0 bridgehead atoms. The minimum atomic E-state index is -0.514. The van der Waals surface area contributed by atoms with Crippen LogP contribution in [0.3, 0.4) is 0 Å². The van der Waals surface area contributed by atoms with E-state index in [0.29, 0.717) is 18.0 Å². The molecule has 5 heteroatoms. The molecule has 0 saturated heterocycles. The number of para-hydroxylation sites is 1. The molecule has 92 valence electrons. The standard InChI is InChI=1S/C12H16N2O3/c1-8(2)7-13-12(15)10-6-4-5-9(3)11(10)14(16)17/h4-6,8H,7H2,1-3H3,(H,13,15). The molecule has 0 aliphatic rings. The zero-order valence-electron chi connectivity index (χ0n) is 10.2. The fourth-order valence-corrected chi connectivity index (χ4v) is 1.48. The molecular formula is C12H16N2O3. The Kier molecular flexibility index (Phi) is 4.20. The Balaban J connectivity index is 3.01. The van der Waals surface area contributed by atoms with Gasteiger partial charge in [0, 0.05) is 12.1 Å². The molecule has 1 N–H and O–H groups in total. The Morgan fingerprint density at radius 3 is 2.65 bits per heavy atom. The Bertz CT molecular complexity index is 441. The van der Waals surface area contributed by atoms with E-state index in [0.717, 1.165) is 0 Å². The number of carbonyl (C=O) groups excluding carboxylic acids is 1. The minimum absolute atomic E-state index is 0.117. The number of carbonyl (C=O) groups is 1. The highest BCUT2D eigenvalue weighted by molar-refractivity contribution is 5.98. The average Bonchev–Trinajstić information content (AvgIpc) is 2.24. The van der Waals surface area contributed by atoms with Crippen LogP contribution in [0, 0.1) is 23.0 Å². The van der Waals surface area contributed by atoms with Gasteiger partial charge in [0.1, 0.15) is 5.56 Å². The van der Waals surface area contributed by atoms with Crippen molar-refractivity contribution < 1.29 is 9.72 Å². The van der Waals surface area contributed by atoms with Crippen LogP contribution < -0.4 is 5.32 Å². The summed E-state index contributed by atoms with van der Waals surface area (Å²) in [5, 5.41) is 13.6. The molecule has 0 radical (unpaired) electrons. The molecule has 17 heavy (non-hydrogen) atoms. The van der Waals surface area contributed by atoms with Gasteiger partial charge in [0.15, 0.2) is 0 Å². The molecule has 5 nitrogen and oxygen atoms in total. The summed E-state index contributed by atoms with van der Waals surface area (Å²) in [5.41, 5.74) is 0.497. The monoisotopic (exact) mass is 236 g/mol. The van der Waals surface area contributed by atoms with E-state index in [1.807, 2.05) is 13.8 Å². The summed E-state index contributed by atoms with van der Waals surface area (Å²) in [6.45, 7) is 6.05. The van der Waals surface area contributed by atoms with Crippen LogP contribution in [-0.2, 0) is 0 Å². The van der Waals surface area contributed by atoms with Gasteiger partial charge in [0.25, 0.3) is 11.6 Å². The second-order valence-corrected chi connectivity index (χ2v) is 4.33. The van der Waals surface area contributed by atoms with Gasteiger partial charge in [0.2, 0.25) is 0 Å². The fraction of sp³-hybridized carbons (Fsp3) is 0.417. The number of rotatable bonds is 4. The number of nitro groups is 1. The maximum absolute atomic E-state index is 11.8. The first kappa shape index (κ1) is 13.2. The van der Waals surface area contributed by atoms with Crippen LogP contribution in [0.2, 0.25) is 0 Å². The lowest BCUT2D eigenvalue weighted by atomic mass is 10.1. The van der Waals surface area contributed by atoms with E-state index < -0.39 is 10.8 Å². The van der Waals surface area contributed by atoms with Gasteiger partial charge in [-0.05, 0) is 18.9 Å². The number of aryl methyl sites for hydroxylation is 1. The second-order valence-electron chi connectivity index (χ2n) is 4.33. The van der Waals surface area contributed by atoms with Crippen LogP contribution in [0.1, 0.15) is 29.8 Å². The minimum Gasteiger partial charge on any atom is -0.352 e. The molecule has 0 fully saturated rings. The van der Waals surface area contributed by atoms with Gasteiger partial charge in [-0.2, -0.15) is 0 Å². The van der Waals surface area contributed by atoms with Crippen molar-refractivity contribution >= 4 is 11.6 Å². The van der Waals surface area contributed by atoms with E-state index in [1.165, 1.54) is 6.07 Å². The lowest BCUT2D eigenvalue weighted by Crippen LogP contribution is -2.28. The highest BCUT2D eigenvalue weighted by Crippen LogP contribution is 2.22. The average molecular weight is 236 g/mol. The first-order valence-electron chi connectivity index (χ1n) is 5.45. The van der Waals surface area contributed by atoms with Gasteiger partial charge in [-0.1, -0.05) is 26.0 Å². The van der Waals surface area contributed by atoms with Crippen molar-refractivity contribution in [1.82, 2.24) is 5.32 Å². The number of benzene rings is 1. The second kappa shape index (κ2) is 5.43. The zero-order valence-corrected chi connectivity index (χ0v) is 10.2. The number of hydrogen-bond donors (Lipinski definition) is 1. The van der Waals surface area contributed by atoms with E-state index in [9.17, 15) is 14.9 Å². The third-order valence-electron chi connectivity index (χ3n) is 2.34. The Morgan fingerprint density at radius 2 is 2.12 bits per heavy atom. The summed E-state index contributed by atoms with van der Waals surface area (Å²) in [6.07, 6.45) is 0. The van der Waals surface area contributed by atoms with E-state index in [-0.39, 0.29) is 11.3 Å². The number of hydrogen-bond acceptors (Lipinski definition) is 3. The summed E-state index contributed by atoms with van der Waals surface area (Å²) in [6, 6.07) is 4.74. The topological polar surface area (TPSA) is 72.2 Å². The Labute approximate surface area is 100.0 Å². The molecule has 1 aromatic rings. The molecule has 0 unspecified atom stereocenters. The molecule has 0 atom stereocenters. The van der Waals surface area contributed by atoms with E-state index in [1.54, 1.807) is 19.1 Å². The SMILES string of the molecule is Cc1cccc(C(=O)NCC(C)C)c1[N+](=O)[O-]. The van der Waals surface area contributed by atoms with Crippen LogP contribution in [0.5, 0.6) is 0 Å². The maximum atomic E-state index is 11.8. The Morgan fingerprint density at radius 1 is 1.47 bits per heavy atom. The molecule has 0 aliphatic heterocycles. The summed E-state index contributed by atoms with van der Waals surface area (Å²) >= 11 is 0. The van der Waals surface area contributed by atoms with Crippen LogP contribution in [0.25, 0.3) is 0 Å². The molecule has 0 heterocycles. The summed E-state index contributed by atoms with van der Waals surface area (Å²) in [5.74, 6) is -0.0862. The van der Waals surface area contributed by atoms with Crippen molar-refractivity contribution in [2.45, 2.75) is 20.8 Å². The van der Waals surface area contributed by atoms with Crippen molar-refractivity contribution in [3.8, 4) is 0 Å². The lowest BCUT2D eigenvalue weighted by molar-refractivity contribution is -0.385. The number of nitrogens with zero attached hydrogens (tertiary/aromatic N) is 1. The highest BCUT2D eigenvalue weighted by atomic mass is 16.6. The summed E-state index contributed by atoms with van der Waals surface area (Å²) in [4.78, 5) is 22.2. The highest BCUT2D eigenvalue weighted by Gasteiger charge is 2.21. The first-order valence-corrected chi connectivity index (χ1v) is 5.45. The summed E-state index contributed by atoms with van der Waals surface area (Å²) < 4.78 is 0. The van der Waals surface area contributed by atoms with Gasteiger partial charge >= 0.3 is 0 Å². The molecule has 1 aromatic carbocycles. The predicted octanol–water partition coefficient (Wildman–Crippen LogP) is 2.29. The smallest absolute Gasteiger partial charge is 0.285 e. The Hall–Kier alpha value is -1.91. The van der Waals surface area contributed by atoms with Crippen molar-refractivity contribution in [1.29, 1.82) is 0 Å². The van der Waals surface area contributed by atoms with E-state index >= 15 is 0 Å². The van der Waals surface area contributed by atoms with Crippen molar-refractivity contribution in [3.63, 3.8) is 0 Å². The van der Waals surface area contributed by atoms with Gasteiger partial charge in [-0.3, -0.25) is 14.9 Å². The molecular weight excluding hydrogens is 220 g/mol. The molecule has 0 aliphatic carbocycles. The summed E-state index contributed by atoms with van der Waals surface area (Å²) in [7, 11) is 0. The van der Waals surface area contributed by atoms with Crippen LogP contribution in [0.15, 0.2) is 18.2 Å². The molecule has 0 spiro atoms. The van der Waals surface area contributed by atoms with Crippen LogP contribution in [-0.4, -0.2) is 17.4 Å². The fourth-order valence-electron chi connectivity index (χ4n) is 1.48. The largest absolute Gasteiger partial charge is 0.352 e. The molecule has 0 saturated carbocycles. The third kappa shape index (κ3) is 3.27. The predicted molar refractivity (Wildman–Crippen MR) is 65.0 cm³/mol.